The van der Waals surface area contributed by atoms with E-state index in [9.17, 15) is 4.79 Å². The molecule has 0 unspecified atom stereocenters. The lowest BCUT2D eigenvalue weighted by molar-refractivity contribution is 0.102. The third-order valence-electron chi connectivity index (χ3n) is 4.76. The van der Waals surface area contributed by atoms with E-state index in [4.69, 9.17) is 9.47 Å². The van der Waals surface area contributed by atoms with Gasteiger partial charge in [0, 0.05) is 11.6 Å². The lowest BCUT2D eigenvalue weighted by atomic mass is 10.1. The van der Waals surface area contributed by atoms with Crippen LogP contribution in [0.1, 0.15) is 48.9 Å². The van der Waals surface area contributed by atoms with E-state index in [0.717, 1.165) is 5.82 Å². The Morgan fingerprint density at radius 3 is 2.22 bits per heavy atom. The normalized spacial score (nSPS) is 14.9. The van der Waals surface area contributed by atoms with Gasteiger partial charge in [-0.1, -0.05) is 25.7 Å². The molecule has 1 fully saturated rings. The second-order valence-electron chi connectivity index (χ2n) is 6.66. The van der Waals surface area contributed by atoms with Gasteiger partial charge in [-0.05, 0) is 43.2 Å². The standard InChI is InChI=1S/C20H26N4O3/c1-26-16-10-9-14(13-17(16)27-2)20(25)22-19-12-11-18(23-24-19)21-15-7-5-3-4-6-8-15/h9-13,15H,3-8H2,1-2H3,(H,21,23)(H,22,24,25). The van der Waals surface area contributed by atoms with E-state index in [1.54, 1.807) is 31.4 Å². The van der Waals surface area contributed by atoms with Crippen molar-refractivity contribution in [3.05, 3.63) is 35.9 Å². The zero-order valence-corrected chi connectivity index (χ0v) is 15.8. The van der Waals surface area contributed by atoms with E-state index in [1.165, 1.54) is 45.6 Å². The molecule has 144 valence electrons. The summed E-state index contributed by atoms with van der Waals surface area (Å²) >= 11 is 0. The summed E-state index contributed by atoms with van der Waals surface area (Å²) in [4.78, 5) is 12.4. The number of anilines is 2. The average molecular weight is 370 g/mol. The van der Waals surface area contributed by atoms with Gasteiger partial charge in [0.15, 0.2) is 17.3 Å². The molecular weight excluding hydrogens is 344 g/mol. The molecule has 1 amide bonds. The molecule has 1 aliphatic carbocycles. The van der Waals surface area contributed by atoms with Crippen LogP contribution in [0.5, 0.6) is 11.5 Å². The maximum Gasteiger partial charge on any atom is 0.257 e. The number of nitrogens with zero attached hydrogens (tertiary/aromatic N) is 2. The quantitative estimate of drug-likeness (QED) is 0.751. The molecule has 0 atom stereocenters. The number of carbonyl (C=O) groups excluding carboxylic acids is 1. The van der Waals surface area contributed by atoms with Crippen LogP contribution < -0.4 is 20.1 Å². The van der Waals surface area contributed by atoms with Gasteiger partial charge in [-0.2, -0.15) is 0 Å². The Morgan fingerprint density at radius 1 is 0.926 bits per heavy atom. The van der Waals surface area contributed by atoms with Crippen molar-refractivity contribution in [2.45, 2.75) is 44.6 Å². The summed E-state index contributed by atoms with van der Waals surface area (Å²) in [6.45, 7) is 0. The highest BCUT2D eigenvalue weighted by Crippen LogP contribution is 2.27. The highest BCUT2D eigenvalue weighted by atomic mass is 16.5. The number of nitrogens with one attached hydrogen (secondary N) is 2. The van der Waals surface area contributed by atoms with Crippen LogP contribution in [0.25, 0.3) is 0 Å². The lowest BCUT2D eigenvalue weighted by Crippen LogP contribution is -2.19. The van der Waals surface area contributed by atoms with Crippen LogP contribution in [-0.2, 0) is 0 Å². The molecule has 7 heteroatoms. The van der Waals surface area contributed by atoms with Crippen molar-refractivity contribution in [1.82, 2.24) is 10.2 Å². The smallest absolute Gasteiger partial charge is 0.257 e. The minimum Gasteiger partial charge on any atom is -0.493 e. The molecule has 1 aromatic heterocycles. The first-order chi connectivity index (χ1) is 13.2. The van der Waals surface area contributed by atoms with Gasteiger partial charge >= 0.3 is 0 Å². The van der Waals surface area contributed by atoms with Crippen LogP contribution in [0.4, 0.5) is 11.6 Å². The molecule has 7 nitrogen and oxygen atoms in total. The number of rotatable bonds is 6. The van der Waals surface area contributed by atoms with Crippen LogP contribution in [0.15, 0.2) is 30.3 Å². The molecule has 2 aromatic rings. The number of hydrogen-bond donors (Lipinski definition) is 2. The molecule has 1 aliphatic rings. The summed E-state index contributed by atoms with van der Waals surface area (Å²) < 4.78 is 10.4. The topological polar surface area (TPSA) is 85.4 Å². The van der Waals surface area contributed by atoms with Crippen molar-refractivity contribution in [1.29, 1.82) is 0 Å². The fourth-order valence-corrected chi connectivity index (χ4v) is 3.27. The average Bonchev–Trinajstić information content (AvgIpc) is 2.97. The summed E-state index contributed by atoms with van der Waals surface area (Å²) in [5.74, 6) is 1.93. The Bertz CT molecular complexity index is 756. The van der Waals surface area contributed by atoms with Gasteiger partial charge in [0.25, 0.3) is 5.91 Å². The molecular formula is C20H26N4O3. The summed E-state index contributed by atoms with van der Waals surface area (Å²) in [5.41, 5.74) is 0.454. The molecule has 27 heavy (non-hydrogen) atoms. The van der Waals surface area contributed by atoms with Gasteiger partial charge in [-0.3, -0.25) is 4.79 Å². The molecule has 1 aromatic carbocycles. The van der Waals surface area contributed by atoms with Crippen LogP contribution >= 0.6 is 0 Å². The minimum atomic E-state index is -0.283. The van der Waals surface area contributed by atoms with Crippen molar-refractivity contribution < 1.29 is 14.3 Å². The van der Waals surface area contributed by atoms with E-state index in [-0.39, 0.29) is 5.91 Å². The van der Waals surface area contributed by atoms with Gasteiger partial charge in [-0.25, -0.2) is 0 Å². The van der Waals surface area contributed by atoms with Crippen LogP contribution in [0, 0.1) is 0 Å². The molecule has 0 bridgehead atoms. The number of amides is 1. The van der Waals surface area contributed by atoms with Crippen LogP contribution in [-0.4, -0.2) is 36.4 Å². The van der Waals surface area contributed by atoms with E-state index in [2.05, 4.69) is 20.8 Å². The van der Waals surface area contributed by atoms with Gasteiger partial charge in [-0.15, -0.1) is 10.2 Å². The van der Waals surface area contributed by atoms with Gasteiger partial charge < -0.3 is 20.1 Å². The van der Waals surface area contributed by atoms with E-state index < -0.39 is 0 Å². The van der Waals surface area contributed by atoms with E-state index >= 15 is 0 Å². The monoisotopic (exact) mass is 370 g/mol. The number of ether oxygens (including phenoxy) is 2. The molecule has 0 aliphatic heterocycles. The molecule has 0 spiro atoms. The zero-order valence-electron chi connectivity index (χ0n) is 15.8. The van der Waals surface area contributed by atoms with Gasteiger partial charge in [0.05, 0.1) is 14.2 Å². The highest BCUT2D eigenvalue weighted by Gasteiger charge is 2.14. The second-order valence-corrected chi connectivity index (χ2v) is 6.66. The Labute approximate surface area is 159 Å². The predicted octanol–water partition coefficient (Wildman–Crippen LogP) is 3.88. The molecule has 1 heterocycles. The zero-order chi connectivity index (χ0) is 19.1. The van der Waals surface area contributed by atoms with Gasteiger partial charge in [0.2, 0.25) is 0 Å². The third-order valence-corrected chi connectivity index (χ3v) is 4.76. The highest BCUT2D eigenvalue weighted by molar-refractivity contribution is 6.04. The van der Waals surface area contributed by atoms with Crippen molar-refractivity contribution in [3.63, 3.8) is 0 Å². The SMILES string of the molecule is COc1ccc(C(=O)Nc2ccc(NC3CCCCCC3)nn2)cc1OC. The van der Waals surface area contributed by atoms with Crippen LogP contribution in [0.3, 0.4) is 0 Å². The first-order valence-corrected chi connectivity index (χ1v) is 9.33. The number of benzene rings is 1. The summed E-state index contributed by atoms with van der Waals surface area (Å²) in [5, 5.41) is 14.5. The minimum absolute atomic E-state index is 0.283. The fraction of sp³-hybridized carbons (Fsp3) is 0.450. The van der Waals surface area contributed by atoms with E-state index in [0.29, 0.717) is 28.9 Å². The number of aromatic nitrogens is 2. The Kier molecular flexibility index (Phi) is 6.46. The van der Waals surface area contributed by atoms with Crippen molar-refractivity contribution in [3.8, 4) is 11.5 Å². The molecule has 0 radical (unpaired) electrons. The maximum absolute atomic E-state index is 12.4. The molecule has 2 N–H and O–H groups in total. The summed E-state index contributed by atoms with van der Waals surface area (Å²) in [7, 11) is 3.09. The van der Waals surface area contributed by atoms with Crippen molar-refractivity contribution >= 4 is 17.5 Å². The molecule has 3 rings (SSSR count). The first kappa shape index (κ1) is 18.9. The van der Waals surface area contributed by atoms with E-state index in [1.807, 2.05) is 6.07 Å². The largest absolute Gasteiger partial charge is 0.493 e. The fourth-order valence-electron chi connectivity index (χ4n) is 3.27. The molecule has 0 saturated heterocycles. The summed E-state index contributed by atoms with van der Waals surface area (Å²) in [6.07, 6.45) is 7.46. The third kappa shape index (κ3) is 5.09. The Hall–Kier alpha value is -2.83. The maximum atomic E-state index is 12.4. The van der Waals surface area contributed by atoms with Gasteiger partial charge in [0.1, 0.15) is 5.82 Å². The van der Waals surface area contributed by atoms with Crippen molar-refractivity contribution in [2.24, 2.45) is 0 Å². The Balaban J connectivity index is 1.61. The number of carbonyl (C=O) groups is 1. The van der Waals surface area contributed by atoms with Crippen molar-refractivity contribution in [2.75, 3.05) is 24.9 Å². The summed E-state index contributed by atoms with van der Waals surface area (Å²) in [6, 6.07) is 9.05. The molecule has 1 saturated carbocycles. The van der Waals surface area contributed by atoms with Crippen LogP contribution in [0.2, 0.25) is 0 Å². The first-order valence-electron chi connectivity index (χ1n) is 9.33. The predicted molar refractivity (Wildman–Crippen MR) is 105 cm³/mol. The second kappa shape index (κ2) is 9.21. The lowest BCUT2D eigenvalue weighted by Gasteiger charge is -2.16. The number of hydrogen-bond acceptors (Lipinski definition) is 6. The Morgan fingerprint density at radius 2 is 1.59 bits per heavy atom. The number of methoxy groups -OCH3 is 2.